The fraction of sp³-hybridized carbons (Fsp3) is 0.312. The van der Waals surface area contributed by atoms with Gasteiger partial charge in [-0.3, -0.25) is 19.4 Å². The monoisotopic (exact) mass is 315 g/mol. The summed E-state index contributed by atoms with van der Waals surface area (Å²) >= 11 is 0. The molecule has 0 saturated carbocycles. The lowest BCUT2D eigenvalue weighted by molar-refractivity contribution is -0.152. The molecular formula is C16H17N3O4. The van der Waals surface area contributed by atoms with E-state index in [-0.39, 0.29) is 16.1 Å². The summed E-state index contributed by atoms with van der Waals surface area (Å²) in [7, 11) is 0. The van der Waals surface area contributed by atoms with E-state index in [2.05, 4.69) is 10.1 Å². The average molecular weight is 315 g/mol. The molecule has 2 aromatic carbocycles. The fourth-order valence-electron chi connectivity index (χ4n) is 2.15. The Hall–Kier alpha value is -2.83. The lowest BCUT2D eigenvalue weighted by Crippen LogP contribution is -2.49. The van der Waals surface area contributed by atoms with Gasteiger partial charge in [-0.25, -0.2) is 0 Å². The summed E-state index contributed by atoms with van der Waals surface area (Å²) in [5, 5.41) is 4.08. The van der Waals surface area contributed by atoms with Crippen molar-refractivity contribution >= 4 is 16.7 Å². The number of carbonyl (C=O) groups is 1. The van der Waals surface area contributed by atoms with Crippen molar-refractivity contribution in [3.8, 4) is 0 Å². The Morgan fingerprint density at radius 3 is 2.26 bits per heavy atom. The number of hydrogen-bond donors (Lipinski definition) is 1. The predicted octanol–water partition coefficient (Wildman–Crippen LogP) is -0.547. The van der Waals surface area contributed by atoms with Gasteiger partial charge >= 0.3 is 5.97 Å². The molecule has 0 heterocycles. The van der Waals surface area contributed by atoms with Crippen molar-refractivity contribution in [3.05, 3.63) is 55.4 Å². The molecule has 0 saturated heterocycles. The van der Waals surface area contributed by atoms with Crippen LogP contribution >= 0.6 is 0 Å². The molecule has 0 amide bonds. The van der Waals surface area contributed by atoms with Crippen LogP contribution in [0.1, 0.15) is 20.8 Å². The Balaban J connectivity index is 2.64. The minimum Gasteiger partial charge on any atom is -0.459 e. The Kier molecular flexibility index (Phi) is 4.40. The average Bonchev–Trinajstić information content (AvgIpc) is 2.47. The van der Waals surface area contributed by atoms with Crippen LogP contribution < -0.4 is 27.4 Å². The highest BCUT2D eigenvalue weighted by Crippen LogP contribution is 2.06. The number of hydrogen-bond acceptors (Lipinski definition) is 7. The summed E-state index contributed by atoms with van der Waals surface area (Å²) in [5.41, 5.74) is -2.20. The Morgan fingerprint density at radius 1 is 1.09 bits per heavy atom. The number of ether oxygens (including phenoxy) is 1. The maximum atomic E-state index is 12.2. The second-order valence-corrected chi connectivity index (χ2v) is 5.93. The van der Waals surface area contributed by atoms with Crippen molar-refractivity contribution < 1.29 is 9.53 Å². The van der Waals surface area contributed by atoms with E-state index in [9.17, 15) is 14.4 Å². The summed E-state index contributed by atoms with van der Waals surface area (Å²) < 4.78 is 5.12. The first-order valence-corrected chi connectivity index (χ1v) is 6.97. The largest absolute Gasteiger partial charge is 0.459 e. The van der Waals surface area contributed by atoms with E-state index >= 15 is 0 Å². The number of benzene rings is 2. The van der Waals surface area contributed by atoms with Gasteiger partial charge in [0.05, 0.1) is 0 Å². The summed E-state index contributed by atoms with van der Waals surface area (Å²) in [6, 6.07) is 6.47. The minimum absolute atomic E-state index is 0.0914. The Morgan fingerprint density at radius 2 is 1.70 bits per heavy atom. The standard InChI is InChI=1S/C16H17N3O4/c1-16(2,3)23-11(20)8-18-13-12(19-17)9-6-4-5-7-10(9)14(21)15(13)22/h4-7H,8,17H2,1-3H3. The molecule has 2 aromatic rings. The van der Waals surface area contributed by atoms with Gasteiger partial charge in [0.25, 0.3) is 5.43 Å². The molecule has 2 N–H and O–H groups in total. The lowest BCUT2D eigenvalue weighted by atomic mass is 10.1. The van der Waals surface area contributed by atoms with E-state index in [4.69, 9.17) is 10.6 Å². The maximum absolute atomic E-state index is 12.2. The molecule has 0 spiro atoms. The third-order valence-corrected chi connectivity index (χ3v) is 2.99. The van der Waals surface area contributed by atoms with Gasteiger partial charge in [-0.05, 0) is 20.8 Å². The van der Waals surface area contributed by atoms with Gasteiger partial charge in [0.15, 0.2) is 0 Å². The van der Waals surface area contributed by atoms with Crippen LogP contribution in [0.4, 0.5) is 0 Å². The molecule has 0 bridgehead atoms. The molecule has 0 atom stereocenters. The molecule has 120 valence electrons. The maximum Gasteiger partial charge on any atom is 0.328 e. The fourth-order valence-corrected chi connectivity index (χ4v) is 2.15. The van der Waals surface area contributed by atoms with E-state index in [1.165, 1.54) is 6.07 Å². The topological polar surface area (TPSA) is 111 Å². The number of rotatable bonds is 2. The van der Waals surface area contributed by atoms with Crippen LogP contribution in [0.15, 0.2) is 43.9 Å². The molecule has 0 aromatic heterocycles. The molecule has 0 fully saturated rings. The van der Waals surface area contributed by atoms with E-state index < -0.39 is 29.0 Å². The van der Waals surface area contributed by atoms with Crippen LogP contribution in [0.3, 0.4) is 0 Å². The molecule has 0 aliphatic carbocycles. The highest BCUT2D eigenvalue weighted by Gasteiger charge is 2.16. The van der Waals surface area contributed by atoms with Gasteiger partial charge in [0.1, 0.15) is 22.9 Å². The van der Waals surface area contributed by atoms with Crippen LogP contribution in [0.2, 0.25) is 0 Å². The molecule has 0 aliphatic rings. The Bertz CT molecular complexity index is 978. The number of nitrogens with two attached hydrogens (primary N) is 1. The smallest absolute Gasteiger partial charge is 0.328 e. The van der Waals surface area contributed by atoms with Crippen molar-refractivity contribution in [2.45, 2.75) is 26.4 Å². The SMILES string of the molecule is CC(C)(C)OC(=O)CN=c1c(=O)c(=O)c2ccccc2c1=NN. The molecule has 2 rings (SSSR count). The highest BCUT2D eigenvalue weighted by atomic mass is 16.6. The van der Waals surface area contributed by atoms with Crippen molar-refractivity contribution in [1.29, 1.82) is 0 Å². The molecule has 0 aliphatic heterocycles. The zero-order valence-corrected chi connectivity index (χ0v) is 13.1. The second kappa shape index (κ2) is 6.12. The number of esters is 1. The van der Waals surface area contributed by atoms with Crippen molar-refractivity contribution in [2.24, 2.45) is 15.9 Å². The normalized spacial score (nSPS) is 13.5. The van der Waals surface area contributed by atoms with Gasteiger partial charge < -0.3 is 10.6 Å². The molecule has 7 nitrogen and oxygen atoms in total. The van der Waals surface area contributed by atoms with Crippen molar-refractivity contribution in [1.82, 2.24) is 0 Å². The van der Waals surface area contributed by atoms with Crippen molar-refractivity contribution in [3.63, 3.8) is 0 Å². The third-order valence-electron chi connectivity index (χ3n) is 2.99. The summed E-state index contributed by atoms with van der Waals surface area (Å²) in [6.07, 6.45) is 0. The van der Waals surface area contributed by atoms with E-state index in [0.717, 1.165) is 0 Å². The summed E-state index contributed by atoms with van der Waals surface area (Å²) in [5.74, 6) is 4.74. The molecule has 7 heteroatoms. The first-order chi connectivity index (χ1) is 10.7. The van der Waals surface area contributed by atoms with Crippen molar-refractivity contribution in [2.75, 3.05) is 6.54 Å². The van der Waals surface area contributed by atoms with Crippen LogP contribution in [0.5, 0.6) is 0 Å². The minimum atomic E-state index is -0.837. The number of nitrogens with zero attached hydrogens (tertiary/aromatic N) is 2. The van der Waals surface area contributed by atoms with Gasteiger partial charge in [-0.15, -0.1) is 0 Å². The second-order valence-electron chi connectivity index (χ2n) is 5.93. The van der Waals surface area contributed by atoms with Crippen LogP contribution in [0.25, 0.3) is 10.8 Å². The highest BCUT2D eigenvalue weighted by molar-refractivity contribution is 5.81. The summed E-state index contributed by atoms with van der Waals surface area (Å²) in [6.45, 7) is 4.76. The zero-order chi connectivity index (χ0) is 17.2. The molecular weight excluding hydrogens is 298 g/mol. The quantitative estimate of drug-likeness (QED) is 0.346. The third kappa shape index (κ3) is 3.50. The van der Waals surface area contributed by atoms with Gasteiger partial charge in [-0.1, -0.05) is 24.3 Å². The Labute approximate surface area is 131 Å². The number of carbonyl (C=O) groups excluding carboxylic acids is 1. The van der Waals surface area contributed by atoms with Gasteiger partial charge in [-0.2, -0.15) is 5.10 Å². The molecule has 23 heavy (non-hydrogen) atoms. The van der Waals surface area contributed by atoms with Crippen LogP contribution in [-0.2, 0) is 9.53 Å². The van der Waals surface area contributed by atoms with Gasteiger partial charge in [0, 0.05) is 10.8 Å². The first-order valence-electron chi connectivity index (χ1n) is 6.97. The number of fused-ring (bicyclic) bond motifs is 1. The van der Waals surface area contributed by atoms with E-state index in [1.54, 1.807) is 39.0 Å². The lowest BCUT2D eigenvalue weighted by Gasteiger charge is -2.18. The van der Waals surface area contributed by atoms with E-state index in [1.807, 2.05) is 0 Å². The zero-order valence-electron chi connectivity index (χ0n) is 13.1. The predicted molar refractivity (Wildman–Crippen MR) is 84.9 cm³/mol. The van der Waals surface area contributed by atoms with Gasteiger partial charge in [0.2, 0.25) is 5.43 Å². The van der Waals surface area contributed by atoms with Crippen LogP contribution in [-0.4, -0.2) is 18.1 Å². The molecule has 0 radical (unpaired) electrons. The summed E-state index contributed by atoms with van der Waals surface area (Å²) in [4.78, 5) is 40.0. The molecule has 0 unspecified atom stereocenters. The van der Waals surface area contributed by atoms with Crippen LogP contribution in [0, 0.1) is 0 Å². The first kappa shape index (κ1) is 16.5. The van der Waals surface area contributed by atoms with E-state index in [0.29, 0.717) is 5.39 Å².